The molecule has 0 aromatic heterocycles. The third-order valence-corrected chi connectivity index (χ3v) is 2.15. The number of benzene rings is 1. The van der Waals surface area contributed by atoms with E-state index in [0.717, 1.165) is 0 Å². The second-order valence-electron chi connectivity index (χ2n) is 3.34. The number of nitrogens with zero attached hydrogens (tertiary/aromatic N) is 2. The van der Waals surface area contributed by atoms with Crippen molar-refractivity contribution in [3.05, 3.63) is 29.8 Å². The molecule has 0 saturated heterocycles. The van der Waals surface area contributed by atoms with Crippen molar-refractivity contribution in [2.24, 2.45) is 10.3 Å². The number of amides is 1. The monoisotopic (exact) mass is 333 g/mol. The minimum absolute atomic E-state index is 0.120. The number of para-hydroxylation sites is 1. The number of nitrogens with one attached hydrogen (secondary N) is 1. The van der Waals surface area contributed by atoms with Gasteiger partial charge in [-0.25, -0.2) is 5.43 Å². The van der Waals surface area contributed by atoms with E-state index in [1.807, 2.05) is 0 Å². The second kappa shape index (κ2) is 9.38. The summed E-state index contributed by atoms with van der Waals surface area (Å²) in [6.07, 6.45) is 0. The van der Waals surface area contributed by atoms with Gasteiger partial charge in [0.05, 0.1) is 17.0 Å². The van der Waals surface area contributed by atoms with Gasteiger partial charge in [0.15, 0.2) is 0 Å². The van der Waals surface area contributed by atoms with Crippen molar-refractivity contribution in [3.63, 3.8) is 0 Å². The van der Waals surface area contributed by atoms with Crippen LogP contribution in [0, 0.1) is 0 Å². The zero-order chi connectivity index (χ0) is 14.8. The van der Waals surface area contributed by atoms with Gasteiger partial charge >= 0.3 is 25.2 Å². The van der Waals surface area contributed by atoms with Crippen LogP contribution in [0.2, 0.25) is 0 Å². The molecule has 0 heterocycles. The second-order valence-corrected chi connectivity index (χ2v) is 3.34. The summed E-state index contributed by atoms with van der Waals surface area (Å²) in [6.45, 7) is 3.13. The molecular weight excluding hydrogens is 321 g/mol. The standard InChI is InChI=1S/C11H13N3O3.ClH.Cu/c1-7(8(2)14-17)12-13-11(16)9-5-3-4-6-10(9)15;;/h3-6,15,17H,1-2H3,(H,13,16);1H;/q;;+1/p-1/b12-7+,14-8+;;. The first-order valence-corrected chi connectivity index (χ1v) is 6.29. The normalized spacial score (nSPS) is 11.4. The van der Waals surface area contributed by atoms with Crippen LogP contribution in [0.5, 0.6) is 5.75 Å². The number of aromatic hydroxyl groups is 1. The number of carbonyl (C=O) groups excluding carboxylic acids is 1. The van der Waals surface area contributed by atoms with E-state index in [-0.39, 0.29) is 11.3 Å². The molecule has 1 rings (SSSR count). The molecule has 1 amide bonds. The summed E-state index contributed by atoms with van der Waals surface area (Å²) in [5.74, 6) is -0.654. The Morgan fingerprint density at radius 2 is 1.84 bits per heavy atom. The molecule has 0 bridgehead atoms. The number of phenolic OH excluding ortho intramolecular Hbond substituents is 1. The number of hydrazone groups is 1. The van der Waals surface area contributed by atoms with Crippen molar-refractivity contribution in [2.45, 2.75) is 13.8 Å². The molecule has 0 spiro atoms. The van der Waals surface area contributed by atoms with E-state index >= 15 is 0 Å². The third-order valence-electron chi connectivity index (χ3n) is 2.15. The average molecular weight is 334 g/mol. The molecule has 3 N–H and O–H groups in total. The van der Waals surface area contributed by atoms with Gasteiger partial charge in [0.25, 0.3) is 5.91 Å². The van der Waals surface area contributed by atoms with Crippen LogP contribution in [0.25, 0.3) is 0 Å². The molecule has 0 aliphatic heterocycles. The molecular formula is C11H13ClCuN3O3. The molecule has 6 nitrogen and oxygen atoms in total. The Morgan fingerprint density at radius 3 is 2.37 bits per heavy atom. The molecule has 108 valence electrons. The Hall–Kier alpha value is -1.56. The first-order chi connectivity index (χ1) is 9.06. The summed E-state index contributed by atoms with van der Waals surface area (Å²) >= 11 is 3.66. The molecule has 1 aromatic rings. The van der Waals surface area contributed by atoms with Crippen molar-refractivity contribution >= 4 is 27.4 Å². The van der Waals surface area contributed by atoms with Gasteiger partial charge in [-0.3, -0.25) is 4.79 Å². The van der Waals surface area contributed by atoms with Crippen LogP contribution in [0.15, 0.2) is 34.5 Å². The fourth-order valence-corrected chi connectivity index (χ4v) is 1.01. The Labute approximate surface area is 123 Å². The summed E-state index contributed by atoms with van der Waals surface area (Å²) in [5, 5.41) is 24.6. The van der Waals surface area contributed by atoms with Gasteiger partial charge in [-0.1, -0.05) is 17.3 Å². The average Bonchev–Trinajstić information content (AvgIpc) is 2.46. The van der Waals surface area contributed by atoms with Crippen LogP contribution in [-0.4, -0.2) is 27.6 Å². The molecule has 1 aromatic carbocycles. The maximum absolute atomic E-state index is 11.6. The van der Waals surface area contributed by atoms with Gasteiger partial charge in [0, 0.05) is 0 Å². The minimum atomic E-state index is -0.534. The fourth-order valence-electron chi connectivity index (χ4n) is 1.01. The van der Waals surface area contributed by atoms with E-state index < -0.39 is 5.91 Å². The number of phenols is 1. The Morgan fingerprint density at radius 1 is 1.26 bits per heavy atom. The van der Waals surface area contributed by atoms with E-state index in [1.165, 1.54) is 12.1 Å². The van der Waals surface area contributed by atoms with E-state index in [2.05, 4.69) is 40.9 Å². The van der Waals surface area contributed by atoms with Crippen molar-refractivity contribution in [1.29, 1.82) is 0 Å². The van der Waals surface area contributed by atoms with Crippen LogP contribution >= 0.6 is 10.1 Å². The zero-order valence-electron chi connectivity index (χ0n) is 10.2. The van der Waals surface area contributed by atoms with Crippen molar-refractivity contribution < 1.29 is 30.2 Å². The predicted molar refractivity (Wildman–Crippen MR) is 69.4 cm³/mol. The quantitative estimate of drug-likeness (QED) is 0.342. The molecule has 0 radical (unpaired) electrons. The third kappa shape index (κ3) is 5.74. The van der Waals surface area contributed by atoms with Gasteiger partial charge in [0.2, 0.25) is 0 Å². The number of hydrogen-bond acceptors (Lipinski definition) is 5. The van der Waals surface area contributed by atoms with Crippen molar-refractivity contribution in [2.75, 3.05) is 0 Å². The number of rotatable bonds is 3. The summed E-state index contributed by atoms with van der Waals surface area (Å²) in [5.41, 5.74) is 3.04. The molecule has 8 heteroatoms. The number of hydrogen-bond donors (Lipinski definition) is 3. The van der Waals surface area contributed by atoms with E-state index in [1.54, 1.807) is 26.0 Å². The number of halogens is 1. The van der Waals surface area contributed by atoms with Gasteiger partial charge in [-0.2, -0.15) is 5.10 Å². The van der Waals surface area contributed by atoms with Crippen LogP contribution in [0.3, 0.4) is 0 Å². The Kier molecular flexibility index (Phi) is 8.61. The summed E-state index contributed by atoms with van der Waals surface area (Å²) in [4.78, 5) is 11.6. The van der Waals surface area contributed by atoms with E-state index in [0.29, 0.717) is 11.4 Å². The number of carbonyl (C=O) groups is 1. The van der Waals surface area contributed by atoms with Crippen LogP contribution in [0.1, 0.15) is 24.2 Å². The molecule has 0 saturated carbocycles. The molecule has 0 aliphatic rings. The fraction of sp³-hybridized carbons (Fsp3) is 0.182. The van der Waals surface area contributed by atoms with Crippen molar-refractivity contribution in [1.82, 2.24) is 5.43 Å². The van der Waals surface area contributed by atoms with Crippen LogP contribution in [-0.2, 0) is 15.1 Å². The summed E-state index contributed by atoms with van der Waals surface area (Å²) in [7, 11) is 4.20. The molecule has 0 unspecified atom stereocenters. The Bertz CT molecular complexity index is 492. The Balaban J connectivity index is 0.00000154. The maximum atomic E-state index is 11.6. The zero-order valence-corrected chi connectivity index (χ0v) is 11.9. The molecule has 19 heavy (non-hydrogen) atoms. The predicted octanol–water partition coefficient (Wildman–Crippen LogP) is 2.04. The van der Waals surface area contributed by atoms with Crippen molar-refractivity contribution in [3.8, 4) is 5.75 Å². The van der Waals surface area contributed by atoms with Crippen LogP contribution in [0.4, 0.5) is 0 Å². The van der Waals surface area contributed by atoms with E-state index in [4.69, 9.17) is 5.21 Å². The SMILES string of the molecule is CC(=N\O)/C(C)=N/NC(=O)c1ccccc1O.[Cl][Cu]. The first-order valence-electron chi connectivity index (χ1n) is 4.99. The molecule has 0 fully saturated rings. The number of oxime groups is 1. The van der Waals surface area contributed by atoms with Crippen LogP contribution < -0.4 is 5.43 Å². The molecule has 0 atom stereocenters. The summed E-state index contributed by atoms with van der Waals surface area (Å²) in [6, 6.07) is 6.13. The summed E-state index contributed by atoms with van der Waals surface area (Å²) < 4.78 is 0. The first kappa shape index (κ1) is 17.4. The van der Waals surface area contributed by atoms with Gasteiger partial charge in [-0.15, -0.1) is 0 Å². The molecule has 0 aliphatic carbocycles. The van der Waals surface area contributed by atoms with Gasteiger partial charge in [-0.05, 0) is 26.0 Å². The van der Waals surface area contributed by atoms with Gasteiger partial charge in [0.1, 0.15) is 5.75 Å². The van der Waals surface area contributed by atoms with E-state index in [9.17, 15) is 9.90 Å². The van der Waals surface area contributed by atoms with Gasteiger partial charge < -0.3 is 10.3 Å². The topological polar surface area (TPSA) is 94.3 Å².